The zero-order chi connectivity index (χ0) is 23.3. The van der Waals surface area contributed by atoms with Crippen LogP contribution in [0.4, 0.5) is 4.39 Å². The van der Waals surface area contributed by atoms with E-state index in [1.807, 2.05) is 42.2 Å². The summed E-state index contributed by atoms with van der Waals surface area (Å²) in [5.41, 5.74) is 2.22. The zero-order valence-corrected chi connectivity index (χ0v) is 19.4. The number of amides is 2. The minimum Gasteiger partial charge on any atom is -0.356 e. The molecule has 0 aromatic heterocycles. The van der Waals surface area contributed by atoms with E-state index in [0.29, 0.717) is 38.9 Å². The van der Waals surface area contributed by atoms with Crippen LogP contribution in [-0.4, -0.2) is 36.3 Å². The Morgan fingerprint density at radius 2 is 1.88 bits per heavy atom. The molecule has 0 unspecified atom stereocenters. The van der Waals surface area contributed by atoms with Gasteiger partial charge in [0.05, 0.1) is 5.41 Å². The summed E-state index contributed by atoms with van der Waals surface area (Å²) < 4.78 is 13.9. The van der Waals surface area contributed by atoms with Crippen molar-refractivity contribution >= 4 is 11.8 Å². The van der Waals surface area contributed by atoms with Crippen LogP contribution in [0.25, 0.3) is 11.1 Å². The van der Waals surface area contributed by atoms with Crippen molar-refractivity contribution in [3.63, 3.8) is 0 Å². The molecule has 1 aliphatic carbocycles. The van der Waals surface area contributed by atoms with Gasteiger partial charge in [-0.2, -0.15) is 0 Å². The van der Waals surface area contributed by atoms with Gasteiger partial charge in [0.25, 0.3) is 0 Å². The van der Waals surface area contributed by atoms with E-state index in [2.05, 4.69) is 17.5 Å². The maximum absolute atomic E-state index is 13.9. The normalized spacial score (nSPS) is 19.8. The molecular formula is C28H33FN2O2. The van der Waals surface area contributed by atoms with Gasteiger partial charge in [-0.25, -0.2) is 4.39 Å². The Morgan fingerprint density at radius 1 is 1.09 bits per heavy atom. The summed E-state index contributed by atoms with van der Waals surface area (Å²) in [6, 6.07) is 14.5. The number of nitrogens with zero attached hydrogens (tertiary/aromatic N) is 1. The summed E-state index contributed by atoms with van der Waals surface area (Å²) in [5.74, 6) is 0.0709. The van der Waals surface area contributed by atoms with Crippen LogP contribution < -0.4 is 5.32 Å². The highest BCUT2D eigenvalue weighted by Gasteiger charge is 2.43. The van der Waals surface area contributed by atoms with Crippen molar-refractivity contribution in [3.8, 4) is 11.1 Å². The SMILES string of the molecule is CCNC(=O)C1(Cc2ccccc2-c2cccc(F)c2)CCN(C(=O)[C@H]2CC=CCC2)CC1. The Balaban J connectivity index is 1.57. The van der Waals surface area contributed by atoms with Crippen molar-refractivity contribution in [2.24, 2.45) is 11.3 Å². The number of benzene rings is 2. The van der Waals surface area contributed by atoms with Crippen molar-refractivity contribution in [2.75, 3.05) is 19.6 Å². The molecule has 4 rings (SSSR count). The fourth-order valence-corrected chi connectivity index (χ4v) is 5.24. The first-order chi connectivity index (χ1) is 16.0. The molecule has 0 saturated carbocycles. The molecule has 1 heterocycles. The number of carbonyl (C=O) groups excluding carboxylic acids is 2. The maximum Gasteiger partial charge on any atom is 0.226 e. The third kappa shape index (κ3) is 5.18. The van der Waals surface area contributed by atoms with Gasteiger partial charge in [0, 0.05) is 25.6 Å². The molecule has 2 amide bonds. The minimum atomic E-state index is -0.581. The van der Waals surface area contributed by atoms with E-state index < -0.39 is 5.41 Å². The van der Waals surface area contributed by atoms with Crippen LogP contribution in [0.1, 0.15) is 44.6 Å². The number of hydrogen-bond donors (Lipinski definition) is 1. The molecule has 1 fully saturated rings. The summed E-state index contributed by atoms with van der Waals surface area (Å²) in [5, 5.41) is 3.04. The van der Waals surface area contributed by atoms with Gasteiger partial charge in [0.1, 0.15) is 5.82 Å². The van der Waals surface area contributed by atoms with Gasteiger partial charge in [-0.15, -0.1) is 0 Å². The Labute approximate surface area is 195 Å². The fourth-order valence-electron chi connectivity index (χ4n) is 5.24. The first-order valence-electron chi connectivity index (χ1n) is 12.1. The molecule has 4 nitrogen and oxygen atoms in total. The molecule has 1 N–H and O–H groups in total. The van der Waals surface area contributed by atoms with E-state index in [0.717, 1.165) is 36.0 Å². The molecule has 1 atom stereocenters. The van der Waals surface area contributed by atoms with Crippen LogP contribution in [0, 0.1) is 17.2 Å². The lowest BCUT2D eigenvalue weighted by molar-refractivity contribution is -0.143. The van der Waals surface area contributed by atoms with Gasteiger partial charge < -0.3 is 10.2 Å². The van der Waals surface area contributed by atoms with Gasteiger partial charge in [-0.3, -0.25) is 9.59 Å². The molecular weight excluding hydrogens is 415 g/mol. The lowest BCUT2D eigenvalue weighted by Gasteiger charge is -2.42. The highest BCUT2D eigenvalue weighted by Crippen LogP contribution is 2.39. The van der Waals surface area contributed by atoms with Crippen molar-refractivity contribution in [1.82, 2.24) is 10.2 Å². The summed E-state index contributed by atoms with van der Waals surface area (Å²) >= 11 is 0. The van der Waals surface area contributed by atoms with Gasteiger partial charge >= 0.3 is 0 Å². The third-order valence-electron chi connectivity index (χ3n) is 7.15. The molecule has 174 valence electrons. The number of nitrogens with one attached hydrogen (secondary N) is 1. The van der Waals surface area contributed by atoms with Gasteiger partial charge in [-0.05, 0) is 74.3 Å². The van der Waals surface area contributed by atoms with E-state index >= 15 is 0 Å². The predicted molar refractivity (Wildman–Crippen MR) is 129 cm³/mol. The van der Waals surface area contributed by atoms with Crippen molar-refractivity contribution in [1.29, 1.82) is 0 Å². The van der Waals surface area contributed by atoms with Gasteiger partial charge in [0.15, 0.2) is 0 Å². The number of piperidine rings is 1. The fraction of sp³-hybridized carbons (Fsp3) is 0.429. The Hall–Kier alpha value is -2.95. The number of allylic oxidation sites excluding steroid dienone is 2. The maximum atomic E-state index is 13.9. The molecule has 2 aliphatic rings. The Kier molecular flexibility index (Phi) is 7.26. The second-order valence-electron chi connectivity index (χ2n) is 9.29. The molecule has 1 saturated heterocycles. The Morgan fingerprint density at radius 3 is 2.58 bits per heavy atom. The lowest BCUT2D eigenvalue weighted by atomic mass is 9.71. The average Bonchev–Trinajstić information content (AvgIpc) is 2.85. The van der Waals surface area contributed by atoms with E-state index in [4.69, 9.17) is 0 Å². The molecule has 2 aromatic rings. The van der Waals surface area contributed by atoms with Crippen molar-refractivity contribution < 1.29 is 14.0 Å². The molecule has 5 heteroatoms. The number of rotatable bonds is 6. The minimum absolute atomic E-state index is 0.0479. The summed E-state index contributed by atoms with van der Waals surface area (Å²) in [6.07, 6.45) is 8.78. The summed E-state index contributed by atoms with van der Waals surface area (Å²) in [6.45, 7) is 3.70. The standard InChI is InChI=1S/C28H33FN2O2/c1-2-30-27(33)28(15-17-31(18-16-28)26(32)21-9-4-3-5-10-21)20-23-11-6-7-14-25(23)22-12-8-13-24(29)19-22/h3-4,6-8,11-14,19,21H,2,5,9-10,15-18,20H2,1H3,(H,30,33)/t21-/m0/s1. The molecule has 0 radical (unpaired) electrons. The highest BCUT2D eigenvalue weighted by molar-refractivity contribution is 5.85. The topological polar surface area (TPSA) is 49.4 Å². The molecule has 2 aromatic carbocycles. The van der Waals surface area contributed by atoms with E-state index in [-0.39, 0.29) is 23.5 Å². The Bertz CT molecular complexity index is 1020. The smallest absolute Gasteiger partial charge is 0.226 e. The second kappa shape index (κ2) is 10.3. The second-order valence-corrected chi connectivity index (χ2v) is 9.29. The highest BCUT2D eigenvalue weighted by atomic mass is 19.1. The van der Waals surface area contributed by atoms with Gasteiger partial charge in [0.2, 0.25) is 11.8 Å². The largest absolute Gasteiger partial charge is 0.356 e. The number of carbonyl (C=O) groups is 2. The monoisotopic (exact) mass is 448 g/mol. The summed E-state index contributed by atoms with van der Waals surface area (Å²) in [4.78, 5) is 28.3. The third-order valence-corrected chi connectivity index (χ3v) is 7.15. The molecule has 0 spiro atoms. The van der Waals surface area contributed by atoms with E-state index in [1.165, 1.54) is 12.1 Å². The van der Waals surface area contributed by atoms with E-state index in [1.54, 1.807) is 6.07 Å². The number of halogens is 1. The van der Waals surface area contributed by atoms with Crippen molar-refractivity contribution in [2.45, 2.75) is 45.4 Å². The van der Waals surface area contributed by atoms with Crippen LogP contribution in [0.5, 0.6) is 0 Å². The van der Waals surface area contributed by atoms with Crippen LogP contribution in [0.3, 0.4) is 0 Å². The van der Waals surface area contributed by atoms with Crippen LogP contribution in [-0.2, 0) is 16.0 Å². The predicted octanol–water partition coefficient (Wildman–Crippen LogP) is 5.14. The van der Waals surface area contributed by atoms with Crippen LogP contribution in [0.15, 0.2) is 60.7 Å². The van der Waals surface area contributed by atoms with E-state index in [9.17, 15) is 14.0 Å². The van der Waals surface area contributed by atoms with Crippen LogP contribution in [0.2, 0.25) is 0 Å². The summed E-state index contributed by atoms with van der Waals surface area (Å²) in [7, 11) is 0. The van der Waals surface area contributed by atoms with Gasteiger partial charge in [-0.1, -0.05) is 48.6 Å². The van der Waals surface area contributed by atoms with Crippen LogP contribution >= 0.6 is 0 Å². The zero-order valence-electron chi connectivity index (χ0n) is 19.4. The molecule has 1 aliphatic heterocycles. The number of hydrogen-bond acceptors (Lipinski definition) is 2. The lowest BCUT2D eigenvalue weighted by Crippen LogP contribution is -2.52. The first kappa shape index (κ1) is 23.2. The quantitative estimate of drug-likeness (QED) is 0.623. The number of likely N-dealkylation sites (tertiary alicyclic amines) is 1. The molecule has 0 bridgehead atoms. The average molecular weight is 449 g/mol. The molecule has 33 heavy (non-hydrogen) atoms. The first-order valence-corrected chi connectivity index (χ1v) is 12.1. The van der Waals surface area contributed by atoms with Crippen molar-refractivity contribution in [3.05, 3.63) is 72.1 Å².